The van der Waals surface area contributed by atoms with Gasteiger partial charge in [0.15, 0.2) is 5.82 Å². The normalized spacial score (nSPS) is 10.5. The molecule has 0 saturated heterocycles. The van der Waals surface area contributed by atoms with Crippen molar-refractivity contribution in [3.8, 4) is 11.3 Å². The van der Waals surface area contributed by atoms with E-state index in [2.05, 4.69) is 4.98 Å². The van der Waals surface area contributed by atoms with Gasteiger partial charge in [0.1, 0.15) is 0 Å². The molecule has 0 saturated carbocycles. The van der Waals surface area contributed by atoms with Crippen LogP contribution in [0.1, 0.15) is 21.5 Å². The number of pyridine rings is 2. The Labute approximate surface area is 191 Å². The van der Waals surface area contributed by atoms with E-state index < -0.39 is 5.91 Å². The smallest absolute Gasteiger partial charge is 0.248 e. The number of aromatic nitrogens is 2. The molecule has 0 aliphatic heterocycles. The van der Waals surface area contributed by atoms with Crippen molar-refractivity contribution >= 4 is 23.3 Å². The molecule has 0 bridgehead atoms. The third-order valence-corrected chi connectivity index (χ3v) is 5.19. The zero-order valence-corrected chi connectivity index (χ0v) is 17.9. The van der Waals surface area contributed by atoms with Crippen LogP contribution in [0.3, 0.4) is 0 Å². The topological polar surface area (TPSA) is 115 Å². The molecule has 0 fully saturated rings. The molecular formula is C26H23N5O2. The number of nitrogens with zero attached hydrogens (tertiary/aromatic N) is 3. The van der Waals surface area contributed by atoms with Crippen molar-refractivity contribution in [2.45, 2.75) is 13.0 Å². The van der Waals surface area contributed by atoms with Crippen LogP contribution in [-0.2, 0) is 17.8 Å². The molecule has 7 heteroatoms. The van der Waals surface area contributed by atoms with Crippen LogP contribution >= 0.6 is 0 Å². The van der Waals surface area contributed by atoms with Crippen LogP contribution in [0.25, 0.3) is 11.3 Å². The molecule has 33 heavy (non-hydrogen) atoms. The first-order chi connectivity index (χ1) is 16.0. The first kappa shape index (κ1) is 21.7. The number of nitrogen functional groups attached to an aromatic ring is 1. The van der Waals surface area contributed by atoms with Crippen molar-refractivity contribution in [2.24, 2.45) is 5.73 Å². The molecule has 2 aromatic carbocycles. The highest BCUT2D eigenvalue weighted by molar-refractivity contribution is 5.97. The first-order valence-electron chi connectivity index (χ1n) is 10.4. The second-order valence-corrected chi connectivity index (χ2v) is 7.55. The summed E-state index contributed by atoms with van der Waals surface area (Å²) in [4.78, 5) is 35.2. The zero-order valence-electron chi connectivity index (χ0n) is 17.9. The van der Waals surface area contributed by atoms with Crippen molar-refractivity contribution in [1.82, 2.24) is 9.97 Å². The van der Waals surface area contributed by atoms with E-state index >= 15 is 0 Å². The van der Waals surface area contributed by atoms with Crippen LogP contribution in [0, 0.1) is 0 Å². The lowest BCUT2D eigenvalue weighted by Crippen LogP contribution is -2.33. The number of carbonyl (C=O) groups is 2. The molecule has 0 unspecified atom stereocenters. The van der Waals surface area contributed by atoms with Gasteiger partial charge >= 0.3 is 0 Å². The van der Waals surface area contributed by atoms with Crippen molar-refractivity contribution < 1.29 is 9.59 Å². The first-order valence-corrected chi connectivity index (χ1v) is 10.4. The minimum Gasteiger partial charge on any atom is -0.396 e. The number of rotatable bonds is 7. The quantitative estimate of drug-likeness (QED) is 0.458. The van der Waals surface area contributed by atoms with Crippen LogP contribution in [0.4, 0.5) is 11.5 Å². The lowest BCUT2D eigenvalue weighted by atomic mass is 10.1. The van der Waals surface area contributed by atoms with Gasteiger partial charge in [0, 0.05) is 23.5 Å². The molecule has 0 radical (unpaired) electrons. The average Bonchev–Trinajstić information content (AvgIpc) is 2.84. The lowest BCUT2D eigenvalue weighted by molar-refractivity contribution is -0.118. The molecule has 4 aromatic rings. The minimum absolute atomic E-state index is 0.143. The summed E-state index contributed by atoms with van der Waals surface area (Å²) in [6, 6.07) is 23.7. The summed E-state index contributed by atoms with van der Waals surface area (Å²) < 4.78 is 0. The third kappa shape index (κ3) is 5.22. The van der Waals surface area contributed by atoms with Crippen LogP contribution in [0.2, 0.25) is 0 Å². The molecule has 2 aromatic heterocycles. The molecule has 7 nitrogen and oxygen atoms in total. The fourth-order valence-electron chi connectivity index (χ4n) is 3.46. The van der Waals surface area contributed by atoms with E-state index in [9.17, 15) is 9.59 Å². The summed E-state index contributed by atoms with van der Waals surface area (Å²) in [5.41, 5.74) is 15.7. The highest BCUT2D eigenvalue weighted by Gasteiger charge is 2.21. The van der Waals surface area contributed by atoms with Gasteiger partial charge in [0.2, 0.25) is 11.8 Å². The molecule has 0 atom stereocenters. The molecule has 0 aliphatic rings. The second kappa shape index (κ2) is 9.74. The van der Waals surface area contributed by atoms with Crippen molar-refractivity contribution in [3.63, 3.8) is 0 Å². The molecular weight excluding hydrogens is 414 g/mol. The maximum atomic E-state index is 13.4. The van der Waals surface area contributed by atoms with Crippen LogP contribution in [0.15, 0.2) is 91.3 Å². The molecule has 164 valence electrons. The molecule has 4 rings (SSSR count). The minimum atomic E-state index is -0.507. The van der Waals surface area contributed by atoms with Crippen LogP contribution in [-0.4, -0.2) is 21.8 Å². The van der Waals surface area contributed by atoms with Gasteiger partial charge in [-0.3, -0.25) is 19.5 Å². The number of nitrogens with two attached hydrogens (primary N) is 2. The van der Waals surface area contributed by atoms with Gasteiger partial charge in [-0.1, -0.05) is 48.5 Å². The number of carbonyl (C=O) groups excluding carboxylic acids is 2. The second-order valence-electron chi connectivity index (χ2n) is 7.55. The Bertz CT molecular complexity index is 1260. The lowest BCUT2D eigenvalue weighted by Gasteiger charge is -2.24. The number of benzene rings is 2. The predicted molar refractivity (Wildman–Crippen MR) is 128 cm³/mol. The van der Waals surface area contributed by atoms with Gasteiger partial charge in [-0.25, -0.2) is 4.98 Å². The zero-order chi connectivity index (χ0) is 23.2. The molecule has 2 heterocycles. The molecule has 0 spiro atoms. The maximum Gasteiger partial charge on any atom is 0.248 e. The Balaban J connectivity index is 1.71. The van der Waals surface area contributed by atoms with E-state index in [-0.39, 0.29) is 18.9 Å². The van der Waals surface area contributed by atoms with E-state index in [4.69, 9.17) is 16.5 Å². The summed E-state index contributed by atoms with van der Waals surface area (Å²) in [6.07, 6.45) is 3.47. The van der Waals surface area contributed by atoms with E-state index in [0.29, 0.717) is 22.8 Å². The maximum absolute atomic E-state index is 13.4. The fraction of sp³-hybridized carbons (Fsp3) is 0.0769. The summed E-state index contributed by atoms with van der Waals surface area (Å²) in [6.45, 7) is 0.230. The van der Waals surface area contributed by atoms with Gasteiger partial charge < -0.3 is 11.5 Å². The van der Waals surface area contributed by atoms with Crippen LogP contribution < -0.4 is 16.4 Å². The highest BCUT2D eigenvalue weighted by Crippen LogP contribution is 2.28. The Hall–Kier alpha value is -4.52. The molecule has 2 amide bonds. The molecule has 0 aliphatic carbocycles. The Morgan fingerprint density at radius 3 is 2.27 bits per heavy atom. The van der Waals surface area contributed by atoms with Crippen LogP contribution in [0.5, 0.6) is 0 Å². The van der Waals surface area contributed by atoms with Gasteiger partial charge in [0.05, 0.1) is 24.3 Å². The summed E-state index contributed by atoms with van der Waals surface area (Å²) >= 11 is 0. The Kier molecular flexibility index (Phi) is 6.40. The van der Waals surface area contributed by atoms with E-state index in [1.807, 2.05) is 42.5 Å². The fourth-order valence-corrected chi connectivity index (χ4v) is 3.46. The summed E-state index contributed by atoms with van der Waals surface area (Å²) in [5.74, 6) is -0.303. The van der Waals surface area contributed by atoms with E-state index in [1.54, 1.807) is 53.7 Å². The largest absolute Gasteiger partial charge is 0.396 e. The predicted octanol–water partition coefficient (Wildman–Crippen LogP) is 3.60. The number of primary amides is 1. The van der Waals surface area contributed by atoms with E-state index in [1.165, 1.54) is 0 Å². The number of anilines is 2. The van der Waals surface area contributed by atoms with Crippen molar-refractivity contribution in [3.05, 3.63) is 108 Å². The van der Waals surface area contributed by atoms with E-state index in [0.717, 1.165) is 16.7 Å². The monoisotopic (exact) mass is 437 g/mol. The summed E-state index contributed by atoms with van der Waals surface area (Å²) in [5, 5.41) is 0. The standard InChI is InChI=1S/C26H23N5O2/c27-22-12-13-23(20-6-2-1-3-7-20)30-26(22)31(24(32)15-19-5-4-14-29-16-19)17-18-8-10-21(11-9-18)25(28)33/h1-14,16H,15,17,27H2,(H2,28,33). The van der Waals surface area contributed by atoms with Gasteiger partial charge in [-0.2, -0.15) is 0 Å². The summed E-state index contributed by atoms with van der Waals surface area (Å²) in [7, 11) is 0. The third-order valence-electron chi connectivity index (χ3n) is 5.19. The van der Waals surface area contributed by atoms with Crippen molar-refractivity contribution in [2.75, 3.05) is 10.6 Å². The number of hydrogen-bond acceptors (Lipinski definition) is 5. The van der Waals surface area contributed by atoms with Gasteiger partial charge in [-0.15, -0.1) is 0 Å². The molecule has 4 N–H and O–H groups in total. The highest BCUT2D eigenvalue weighted by atomic mass is 16.2. The van der Waals surface area contributed by atoms with Crippen molar-refractivity contribution in [1.29, 1.82) is 0 Å². The Morgan fingerprint density at radius 1 is 0.848 bits per heavy atom. The average molecular weight is 438 g/mol. The van der Waals surface area contributed by atoms with Gasteiger partial charge in [0.25, 0.3) is 0 Å². The number of amides is 2. The van der Waals surface area contributed by atoms with Gasteiger partial charge in [-0.05, 0) is 41.5 Å². The number of hydrogen-bond donors (Lipinski definition) is 2. The Morgan fingerprint density at radius 2 is 1.61 bits per heavy atom. The SMILES string of the molecule is NC(=O)c1ccc(CN(C(=O)Cc2cccnc2)c2nc(-c3ccccc3)ccc2N)cc1.